The minimum absolute atomic E-state index is 0.0941. The lowest BCUT2D eigenvalue weighted by atomic mass is 10.1. The van der Waals surface area contributed by atoms with Gasteiger partial charge >= 0.3 is 0 Å². The fourth-order valence-electron chi connectivity index (χ4n) is 2.19. The first-order valence-corrected chi connectivity index (χ1v) is 8.38. The monoisotopic (exact) mass is 376 g/mol. The van der Waals surface area contributed by atoms with Crippen molar-refractivity contribution in [3.63, 3.8) is 0 Å². The second kappa shape index (κ2) is 8.58. The van der Waals surface area contributed by atoms with Crippen LogP contribution < -0.4 is 10.5 Å². The zero-order valence-electron chi connectivity index (χ0n) is 13.2. The van der Waals surface area contributed by atoms with Crippen LogP contribution in [0.4, 0.5) is 5.69 Å². The van der Waals surface area contributed by atoms with Gasteiger partial charge in [0.15, 0.2) is 0 Å². The standard InChI is InChI=1S/C18H21BrN2O2/c1-2-21(11-12-23-17-9-5-15(19)6-10-17)18(22)13-14-3-7-16(20)8-4-14/h3-10H,2,11-13,20H2,1H3. The van der Waals surface area contributed by atoms with Crippen LogP contribution in [0.15, 0.2) is 53.0 Å². The Hall–Kier alpha value is -2.01. The lowest BCUT2D eigenvalue weighted by molar-refractivity contribution is -0.130. The molecule has 1 amide bonds. The maximum Gasteiger partial charge on any atom is 0.227 e. The number of rotatable bonds is 7. The van der Waals surface area contributed by atoms with E-state index >= 15 is 0 Å². The molecule has 2 aromatic rings. The van der Waals surface area contributed by atoms with E-state index in [4.69, 9.17) is 10.5 Å². The van der Waals surface area contributed by atoms with Crippen LogP contribution in [0.2, 0.25) is 0 Å². The summed E-state index contributed by atoms with van der Waals surface area (Å²) in [5.74, 6) is 0.895. The van der Waals surface area contributed by atoms with E-state index in [9.17, 15) is 4.79 Å². The van der Waals surface area contributed by atoms with Crippen molar-refractivity contribution < 1.29 is 9.53 Å². The average Bonchev–Trinajstić information content (AvgIpc) is 2.55. The fraction of sp³-hybridized carbons (Fsp3) is 0.278. The largest absolute Gasteiger partial charge is 0.492 e. The molecule has 4 nitrogen and oxygen atoms in total. The highest BCUT2D eigenvalue weighted by molar-refractivity contribution is 9.10. The summed E-state index contributed by atoms with van der Waals surface area (Å²) in [6.45, 7) is 3.68. The van der Waals surface area contributed by atoms with Gasteiger partial charge in [0, 0.05) is 16.7 Å². The van der Waals surface area contributed by atoms with E-state index < -0.39 is 0 Å². The molecule has 0 atom stereocenters. The summed E-state index contributed by atoms with van der Waals surface area (Å²) in [6.07, 6.45) is 0.381. The molecule has 0 bridgehead atoms. The van der Waals surface area contributed by atoms with Gasteiger partial charge in [-0.1, -0.05) is 28.1 Å². The SMILES string of the molecule is CCN(CCOc1ccc(Br)cc1)C(=O)Cc1ccc(N)cc1. The fourth-order valence-corrected chi connectivity index (χ4v) is 2.45. The van der Waals surface area contributed by atoms with Gasteiger partial charge in [-0.05, 0) is 48.9 Å². The molecule has 0 aromatic heterocycles. The van der Waals surface area contributed by atoms with Crippen LogP contribution in [-0.2, 0) is 11.2 Å². The summed E-state index contributed by atoms with van der Waals surface area (Å²) in [5.41, 5.74) is 7.33. The normalized spacial score (nSPS) is 10.3. The highest BCUT2D eigenvalue weighted by Gasteiger charge is 2.12. The number of ether oxygens (including phenoxy) is 1. The highest BCUT2D eigenvalue weighted by Crippen LogP contribution is 2.16. The second-order valence-corrected chi connectivity index (χ2v) is 6.11. The zero-order chi connectivity index (χ0) is 16.7. The Labute approximate surface area is 145 Å². The summed E-state index contributed by atoms with van der Waals surface area (Å²) >= 11 is 3.39. The molecule has 5 heteroatoms. The molecule has 2 N–H and O–H groups in total. The maximum atomic E-state index is 12.3. The van der Waals surface area contributed by atoms with Gasteiger partial charge in [-0.3, -0.25) is 4.79 Å². The number of anilines is 1. The van der Waals surface area contributed by atoms with Gasteiger partial charge in [0.2, 0.25) is 5.91 Å². The molecule has 23 heavy (non-hydrogen) atoms. The van der Waals surface area contributed by atoms with E-state index in [0.29, 0.717) is 31.8 Å². The van der Waals surface area contributed by atoms with Crippen LogP contribution in [0, 0.1) is 0 Å². The van der Waals surface area contributed by atoms with Crippen molar-refractivity contribution in [2.24, 2.45) is 0 Å². The number of nitrogens with zero attached hydrogens (tertiary/aromatic N) is 1. The second-order valence-electron chi connectivity index (χ2n) is 5.19. The third-order valence-electron chi connectivity index (χ3n) is 3.51. The van der Waals surface area contributed by atoms with E-state index in [0.717, 1.165) is 15.8 Å². The van der Waals surface area contributed by atoms with Crippen molar-refractivity contribution in [1.82, 2.24) is 4.90 Å². The van der Waals surface area contributed by atoms with Crippen molar-refractivity contribution in [3.05, 3.63) is 58.6 Å². The van der Waals surface area contributed by atoms with Gasteiger partial charge in [-0.15, -0.1) is 0 Å². The number of carbonyl (C=O) groups excluding carboxylic acids is 1. The first-order valence-electron chi connectivity index (χ1n) is 7.59. The van der Waals surface area contributed by atoms with Crippen molar-refractivity contribution in [3.8, 4) is 5.75 Å². The molecular weight excluding hydrogens is 356 g/mol. The number of hydrogen-bond acceptors (Lipinski definition) is 3. The Morgan fingerprint density at radius 3 is 2.39 bits per heavy atom. The third-order valence-corrected chi connectivity index (χ3v) is 4.04. The van der Waals surface area contributed by atoms with Crippen molar-refractivity contribution in [2.75, 3.05) is 25.4 Å². The molecule has 0 spiro atoms. The third kappa shape index (κ3) is 5.60. The lowest BCUT2D eigenvalue weighted by Gasteiger charge is -2.21. The van der Waals surface area contributed by atoms with Gasteiger partial charge in [0.25, 0.3) is 0 Å². The number of benzene rings is 2. The van der Waals surface area contributed by atoms with E-state index in [1.54, 1.807) is 4.90 Å². The van der Waals surface area contributed by atoms with E-state index in [1.807, 2.05) is 55.5 Å². The Morgan fingerprint density at radius 2 is 1.78 bits per heavy atom. The Balaban J connectivity index is 1.82. The number of likely N-dealkylation sites (N-methyl/N-ethyl adjacent to an activating group) is 1. The van der Waals surface area contributed by atoms with Gasteiger partial charge in [0.05, 0.1) is 13.0 Å². The number of hydrogen-bond donors (Lipinski definition) is 1. The molecular formula is C18H21BrN2O2. The van der Waals surface area contributed by atoms with E-state index in [1.165, 1.54) is 0 Å². The predicted octanol–water partition coefficient (Wildman–Crippen LogP) is 3.50. The molecule has 0 aliphatic rings. The van der Waals surface area contributed by atoms with Gasteiger partial charge in [-0.25, -0.2) is 0 Å². The molecule has 0 aliphatic heterocycles. The molecule has 0 saturated carbocycles. The van der Waals surface area contributed by atoms with Crippen LogP contribution in [0.3, 0.4) is 0 Å². The topological polar surface area (TPSA) is 55.6 Å². The molecule has 0 fully saturated rings. The van der Waals surface area contributed by atoms with Crippen molar-refractivity contribution in [1.29, 1.82) is 0 Å². The summed E-state index contributed by atoms with van der Waals surface area (Å²) < 4.78 is 6.69. The Kier molecular flexibility index (Phi) is 6.47. The molecule has 2 aromatic carbocycles. The number of carbonyl (C=O) groups is 1. The highest BCUT2D eigenvalue weighted by atomic mass is 79.9. The number of amides is 1. The first-order chi connectivity index (χ1) is 11.1. The number of halogens is 1. The maximum absolute atomic E-state index is 12.3. The lowest BCUT2D eigenvalue weighted by Crippen LogP contribution is -2.35. The molecule has 0 heterocycles. The molecule has 0 saturated heterocycles. The van der Waals surface area contributed by atoms with Crippen LogP contribution in [0.1, 0.15) is 12.5 Å². The minimum Gasteiger partial charge on any atom is -0.492 e. The van der Waals surface area contributed by atoms with Gasteiger partial charge in [-0.2, -0.15) is 0 Å². The summed E-state index contributed by atoms with van der Waals surface area (Å²) in [5, 5.41) is 0. The quantitative estimate of drug-likeness (QED) is 0.752. The minimum atomic E-state index is 0.0941. The zero-order valence-corrected chi connectivity index (χ0v) is 14.8. The molecule has 0 unspecified atom stereocenters. The van der Waals surface area contributed by atoms with Crippen LogP contribution in [-0.4, -0.2) is 30.5 Å². The average molecular weight is 377 g/mol. The molecule has 0 radical (unpaired) electrons. The van der Waals surface area contributed by atoms with Crippen molar-refractivity contribution in [2.45, 2.75) is 13.3 Å². The Morgan fingerprint density at radius 1 is 1.13 bits per heavy atom. The molecule has 0 aliphatic carbocycles. The van der Waals surface area contributed by atoms with Crippen LogP contribution in [0.5, 0.6) is 5.75 Å². The predicted molar refractivity (Wildman–Crippen MR) is 96.4 cm³/mol. The number of nitrogens with two attached hydrogens (primary N) is 1. The van der Waals surface area contributed by atoms with Crippen LogP contribution in [0.25, 0.3) is 0 Å². The van der Waals surface area contributed by atoms with E-state index in [2.05, 4.69) is 15.9 Å². The van der Waals surface area contributed by atoms with E-state index in [-0.39, 0.29) is 5.91 Å². The summed E-state index contributed by atoms with van der Waals surface area (Å²) in [7, 11) is 0. The number of nitrogen functional groups attached to an aromatic ring is 1. The molecule has 2 rings (SSSR count). The van der Waals surface area contributed by atoms with Crippen LogP contribution >= 0.6 is 15.9 Å². The van der Waals surface area contributed by atoms with Crippen molar-refractivity contribution >= 4 is 27.5 Å². The smallest absolute Gasteiger partial charge is 0.227 e. The van der Waals surface area contributed by atoms with Gasteiger partial charge in [0.1, 0.15) is 12.4 Å². The summed E-state index contributed by atoms with van der Waals surface area (Å²) in [4.78, 5) is 14.1. The first kappa shape index (κ1) is 17.3. The molecule has 122 valence electrons. The Bertz CT molecular complexity index is 626. The summed E-state index contributed by atoms with van der Waals surface area (Å²) in [6, 6.07) is 15.1. The van der Waals surface area contributed by atoms with Gasteiger partial charge < -0.3 is 15.4 Å².